The van der Waals surface area contributed by atoms with Gasteiger partial charge < -0.3 is 14.2 Å². The van der Waals surface area contributed by atoms with Crippen LogP contribution in [0.15, 0.2) is 219 Å². The van der Waals surface area contributed by atoms with Crippen molar-refractivity contribution in [2.24, 2.45) is 0 Å². The summed E-state index contributed by atoms with van der Waals surface area (Å²) < 4.78 is 42.1. The van der Waals surface area contributed by atoms with E-state index in [4.69, 9.17) is 9.72 Å². The van der Waals surface area contributed by atoms with Crippen LogP contribution >= 0.6 is 0 Å². The first-order chi connectivity index (χ1) is 35.1. The fourth-order valence-electron chi connectivity index (χ4n) is 9.63. The Morgan fingerprint density at radius 2 is 1.14 bits per heavy atom. The number of aromatic nitrogens is 2. The van der Waals surface area contributed by atoms with Gasteiger partial charge in [-0.05, 0) is 111 Å². The summed E-state index contributed by atoms with van der Waals surface area (Å²) in [6, 6.07) is 79.3. The summed E-state index contributed by atoms with van der Waals surface area (Å²) >= 11 is 0. The number of ether oxygens (including phenoxy) is 1. The Kier molecular flexibility index (Phi) is 12.3. The van der Waals surface area contributed by atoms with E-state index in [2.05, 4.69) is 127 Å². The van der Waals surface area contributed by atoms with E-state index >= 15 is 0 Å². The summed E-state index contributed by atoms with van der Waals surface area (Å²) in [5, 5.41) is 2.11. The van der Waals surface area contributed by atoms with Gasteiger partial charge in [-0.3, -0.25) is 0 Å². The van der Waals surface area contributed by atoms with E-state index < -0.39 is 0 Å². The standard InChI is InChI=1S/C64H45F2N5O.Pt/c1-64(2,3)45-35-36-67-62(37-45)71-58-22-11-10-19-56(58)57-34-33-52(41-61(57)71)72-53-39-50(38-51(40-53)70(48-15-6-4-7-16-48)49-17-8-5-9-18-49)68-42-69(60-24-13-12-23-59(60)68)63-54(43-25-29-46(65)30-26-43)20-14-21-55(63)44-27-31-47(66)32-28-44;/h4-38,40H,1-3H3;/q;+2. The van der Waals surface area contributed by atoms with Crippen molar-refractivity contribution >= 4 is 67.6 Å². The number of rotatable bonds is 10. The Morgan fingerprint density at radius 1 is 0.548 bits per heavy atom. The van der Waals surface area contributed by atoms with E-state index in [-0.39, 0.29) is 38.1 Å². The van der Waals surface area contributed by atoms with Gasteiger partial charge in [0.05, 0.1) is 11.1 Å². The molecule has 0 fully saturated rings. The molecule has 9 heteroatoms. The topological polar surface area (TPSA) is 36.3 Å². The Morgan fingerprint density at radius 3 is 1.77 bits per heavy atom. The van der Waals surface area contributed by atoms with Crippen molar-refractivity contribution in [3.8, 4) is 39.6 Å². The van der Waals surface area contributed by atoms with Crippen LogP contribution in [-0.2, 0) is 26.5 Å². The van der Waals surface area contributed by atoms with E-state index in [1.54, 1.807) is 24.3 Å². The Labute approximate surface area is 437 Å². The van der Waals surface area contributed by atoms with Crippen molar-refractivity contribution < 1.29 is 34.6 Å². The molecular weight excluding hydrogens is 1090 g/mol. The zero-order valence-corrected chi connectivity index (χ0v) is 42.3. The van der Waals surface area contributed by atoms with Crippen LogP contribution in [0.4, 0.5) is 48.6 Å². The fourth-order valence-corrected chi connectivity index (χ4v) is 9.63. The second-order valence-electron chi connectivity index (χ2n) is 18.8. The molecule has 0 saturated carbocycles. The molecule has 3 heterocycles. The Bertz CT molecular complexity index is 3830. The summed E-state index contributed by atoms with van der Waals surface area (Å²) in [6.07, 6.45) is 1.88. The second kappa shape index (κ2) is 19.2. The van der Waals surface area contributed by atoms with Gasteiger partial charge in [-0.1, -0.05) is 146 Å². The average molecular weight is 1130 g/mol. The minimum Gasteiger partial charge on any atom is -0.509 e. The Hall–Kier alpha value is -8.54. The molecule has 73 heavy (non-hydrogen) atoms. The zero-order valence-electron chi connectivity index (χ0n) is 40.0. The maximum absolute atomic E-state index is 14.5. The molecule has 0 aliphatic carbocycles. The molecule has 6 nitrogen and oxygen atoms in total. The molecule has 12 rings (SSSR count). The number of hydrogen-bond acceptors (Lipinski definition) is 3. The third-order valence-electron chi connectivity index (χ3n) is 13.1. The molecule has 0 atom stereocenters. The van der Waals surface area contributed by atoms with Crippen molar-refractivity contribution in [2.45, 2.75) is 26.2 Å². The van der Waals surface area contributed by atoms with Crippen LogP contribution in [0.2, 0.25) is 0 Å². The number of benzene rings is 9. The van der Waals surface area contributed by atoms with Crippen LogP contribution in [0.5, 0.6) is 11.5 Å². The van der Waals surface area contributed by atoms with Gasteiger partial charge in [0, 0.05) is 46.7 Å². The van der Waals surface area contributed by atoms with E-state index in [0.717, 1.165) is 84.0 Å². The van der Waals surface area contributed by atoms with Crippen LogP contribution in [0, 0.1) is 23.8 Å². The third kappa shape index (κ3) is 8.86. The number of anilines is 3. The SMILES string of the molecule is CC(C)(C)c1ccnc(-n2c3[c-]c(Oc4[c-]c([N+]5=C=[N+](c6c(-c7ccc(F)cc7)cccc6-c6ccc(F)cc6)c6ccccc65)cc(N(c5ccccc5)c5ccccc5)c4)ccc3c3ccccc32)c1.[Pt+2]. The van der Waals surface area contributed by atoms with E-state index in [9.17, 15) is 8.78 Å². The van der Waals surface area contributed by atoms with Gasteiger partial charge in [-0.25, -0.2) is 13.8 Å². The molecule has 11 aromatic rings. The third-order valence-corrected chi connectivity index (χ3v) is 13.1. The first-order valence-electron chi connectivity index (χ1n) is 23.8. The molecule has 354 valence electrons. The van der Waals surface area contributed by atoms with Crippen LogP contribution < -0.4 is 18.8 Å². The first kappa shape index (κ1) is 46.8. The number of para-hydroxylation sites is 6. The summed E-state index contributed by atoms with van der Waals surface area (Å²) in [5.74, 6) is 1.08. The molecule has 1 aliphatic rings. The summed E-state index contributed by atoms with van der Waals surface area (Å²) in [4.78, 5) is 7.09. The predicted octanol–water partition coefficient (Wildman–Crippen LogP) is 16.8. The van der Waals surface area contributed by atoms with Gasteiger partial charge in [0.2, 0.25) is 5.69 Å². The molecule has 9 aromatic carbocycles. The summed E-state index contributed by atoms with van der Waals surface area (Å²) in [7, 11) is 0. The van der Waals surface area contributed by atoms with Crippen molar-refractivity contribution in [3.05, 3.63) is 248 Å². The maximum atomic E-state index is 14.5. The van der Waals surface area contributed by atoms with Crippen LogP contribution in [-0.4, -0.2) is 15.6 Å². The van der Waals surface area contributed by atoms with Gasteiger partial charge in [-0.15, -0.1) is 23.6 Å². The number of fused-ring (bicyclic) bond motifs is 4. The van der Waals surface area contributed by atoms with Crippen LogP contribution in [0.1, 0.15) is 26.3 Å². The van der Waals surface area contributed by atoms with Gasteiger partial charge in [-0.2, -0.15) is 6.07 Å². The van der Waals surface area contributed by atoms with Gasteiger partial charge in [0.1, 0.15) is 23.1 Å². The molecule has 0 unspecified atom stereocenters. The predicted molar refractivity (Wildman–Crippen MR) is 288 cm³/mol. The van der Waals surface area contributed by atoms with Crippen LogP contribution in [0.3, 0.4) is 0 Å². The summed E-state index contributed by atoms with van der Waals surface area (Å²) in [5.41, 5.74) is 12.1. The number of pyridine rings is 1. The number of halogens is 2. The quantitative estimate of drug-likeness (QED) is 0.101. The molecule has 0 saturated heterocycles. The van der Waals surface area contributed by atoms with E-state index in [1.165, 1.54) is 29.8 Å². The van der Waals surface area contributed by atoms with Crippen LogP contribution in [0.25, 0.3) is 49.9 Å². The molecule has 0 amide bonds. The fraction of sp³-hybridized carbons (Fsp3) is 0.0625. The minimum atomic E-state index is -0.331. The molecular formula is C64H45F2N5OPt+2. The molecule has 0 spiro atoms. The molecule has 2 aromatic heterocycles. The Balaban J connectivity index is 0.00000574. The monoisotopic (exact) mass is 1130 g/mol. The van der Waals surface area contributed by atoms with Crippen molar-refractivity contribution in [1.29, 1.82) is 0 Å². The molecule has 0 radical (unpaired) electrons. The zero-order chi connectivity index (χ0) is 48.9. The normalized spacial score (nSPS) is 12.0. The van der Waals surface area contributed by atoms with Crippen molar-refractivity contribution in [3.63, 3.8) is 0 Å². The number of hydrogen-bond donors (Lipinski definition) is 0. The van der Waals surface area contributed by atoms with E-state index in [0.29, 0.717) is 17.2 Å². The molecule has 1 aliphatic heterocycles. The summed E-state index contributed by atoms with van der Waals surface area (Å²) in [6.45, 7) is 6.62. The van der Waals surface area contributed by atoms with Gasteiger partial charge >= 0.3 is 27.1 Å². The smallest absolute Gasteiger partial charge is 0.509 e. The van der Waals surface area contributed by atoms with Gasteiger partial charge in [0.25, 0.3) is 11.4 Å². The largest absolute Gasteiger partial charge is 2.00 e. The first-order valence-corrected chi connectivity index (χ1v) is 23.8. The van der Waals surface area contributed by atoms with E-state index in [1.807, 2.05) is 100 Å². The molecule has 0 bridgehead atoms. The molecule has 0 N–H and O–H groups in total. The average Bonchev–Trinajstić information content (AvgIpc) is 3.95. The number of nitrogens with zero attached hydrogens (tertiary/aromatic N) is 5. The van der Waals surface area contributed by atoms with Gasteiger partial charge in [0.15, 0.2) is 0 Å². The minimum absolute atomic E-state index is 0. The second-order valence-corrected chi connectivity index (χ2v) is 18.8. The maximum Gasteiger partial charge on any atom is 2.00 e. The van der Waals surface area contributed by atoms with Crippen molar-refractivity contribution in [2.75, 3.05) is 4.90 Å². The van der Waals surface area contributed by atoms with Crippen molar-refractivity contribution in [1.82, 2.24) is 18.7 Å².